The Labute approximate surface area is 121 Å². The molecule has 1 aromatic carbocycles. The summed E-state index contributed by atoms with van der Waals surface area (Å²) < 4.78 is 12.9. The zero-order chi connectivity index (χ0) is 13.9. The van der Waals surface area contributed by atoms with Gasteiger partial charge in [0.1, 0.15) is 11.6 Å². The zero-order valence-electron chi connectivity index (χ0n) is 10.8. The molecule has 3 rings (SSSR count). The summed E-state index contributed by atoms with van der Waals surface area (Å²) in [5.74, 6) is 0.645. The summed E-state index contributed by atoms with van der Waals surface area (Å²) in [5, 5.41) is 0.267. The minimum absolute atomic E-state index is 0.206. The number of hydrogen-bond donors (Lipinski definition) is 0. The Balaban J connectivity index is 1.66. The predicted octanol–water partition coefficient (Wildman–Crippen LogP) is 2.60. The number of nitrogens with zero attached hydrogens (tertiary/aromatic N) is 4. The van der Waals surface area contributed by atoms with Crippen molar-refractivity contribution in [2.75, 3.05) is 36.0 Å². The van der Waals surface area contributed by atoms with E-state index in [0.29, 0.717) is 0 Å². The van der Waals surface area contributed by atoms with E-state index in [1.165, 1.54) is 12.1 Å². The highest BCUT2D eigenvalue weighted by atomic mass is 35.5. The molecule has 1 aliphatic heterocycles. The lowest BCUT2D eigenvalue weighted by molar-refractivity contribution is 0.624. The first-order valence-corrected chi connectivity index (χ1v) is 6.84. The molecule has 0 atom stereocenters. The second-order valence-electron chi connectivity index (χ2n) is 4.63. The zero-order valence-corrected chi connectivity index (χ0v) is 11.6. The molecule has 6 heteroatoms. The Morgan fingerprint density at radius 2 is 1.60 bits per heavy atom. The number of hydrogen-bond acceptors (Lipinski definition) is 4. The number of aromatic nitrogens is 2. The molecule has 0 amide bonds. The van der Waals surface area contributed by atoms with Crippen LogP contribution in [0.2, 0.25) is 5.28 Å². The fraction of sp³-hybridized carbons (Fsp3) is 0.286. The number of piperazine rings is 1. The first-order chi connectivity index (χ1) is 9.72. The summed E-state index contributed by atoms with van der Waals surface area (Å²) in [7, 11) is 0. The second-order valence-corrected chi connectivity index (χ2v) is 4.97. The maximum atomic E-state index is 12.9. The van der Waals surface area contributed by atoms with Crippen LogP contribution in [0.1, 0.15) is 0 Å². The molecule has 0 spiro atoms. The van der Waals surface area contributed by atoms with Crippen LogP contribution in [0.15, 0.2) is 36.5 Å². The van der Waals surface area contributed by atoms with E-state index >= 15 is 0 Å². The van der Waals surface area contributed by atoms with Crippen molar-refractivity contribution in [3.8, 4) is 0 Å². The molecular weight excluding hydrogens is 279 g/mol. The van der Waals surface area contributed by atoms with Gasteiger partial charge in [-0.1, -0.05) is 0 Å². The molecule has 2 aromatic rings. The number of rotatable bonds is 2. The average molecular weight is 293 g/mol. The molecule has 2 heterocycles. The van der Waals surface area contributed by atoms with Crippen LogP contribution in [0.3, 0.4) is 0 Å². The molecule has 1 aliphatic rings. The Morgan fingerprint density at radius 3 is 2.25 bits per heavy atom. The summed E-state index contributed by atoms with van der Waals surface area (Å²) in [6, 6.07) is 8.47. The van der Waals surface area contributed by atoms with Gasteiger partial charge in [0.15, 0.2) is 0 Å². The average Bonchev–Trinajstić information content (AvgIpc) is 2.48. The van der Waals surface area contributed by atoms with Crippen molar-refractivity contribution in [1.29, 1.82) is 0 Å². The van der Waals surface area contributed by atoms with E-state index in [9.17, 15) is 4.39 Å². The molecule has 1 fully saturated rings. The van der Waals surface area contributed by atoms with Crippen molar-refractivity contribution in [2.24, 2.45) is 0 Å². The number of benzene rings is 1. The number of halogens is 2. The normalized spacial score (nSPS) is 15.5. The van der Waals surface area contributed by atoms with Crippen LogP contribution in [0.5, 0.6) is 0 Å². The van der Waals surface area contributed by atoms with Crippen molar-refractivity contribution in [1.82, 2.24) is 9.97 Å². The Kier molecular flexibility index (Phi) is 3.69. The van der Waals surface area contributed by atoms with Crippen LogP contribution < -0.4 is 9.80 Å². The van der Waals surface area contributed by atoms with Gasteiger partial charge in [-0.3, -0.25) is 0 Å². The first kappa shape index (κ1) is 13.1. The van der Waals surface area contributed by atoms with Crippen LogP contribution in [0.25, 0.3) is 0 Å². The molecule has 0 unspecified atom stereocenters. The lowest BCUT2D eigenvalue weighted by Gasteiger charge is -2.36. The first-order valence-electron chi connectivity index (χ1n) is 6.46. The SMILES string of the molecule is Fc1ccc(N2CCN(c3ccnc(Cl)n3)CC2)cc1. The summed E-state index contributed by atoms with van der Waals surface area (Å²) in [5.41, 5.74) is 1.05. The fourth-order valence-electron chi connectivity index (χ4n) is 2.35. The summed E-state index contributed by atoms with van der Waals surface area (Å²) in [4.78, 5) is 12.5. The summed E-state index contributed by atoms with van der Waals surface area (Å²) >= 11 is 5.81. The van der Waals surface area contributed by atoms with Crippen molar-refractivity contribution >= 4 is 23.1 Å². The van der Waals surface area contributed by atoms with E-state index < -0.39 is 0 Å². The Morgan fingerprint density at radius 1 is 0.950 bits per heavy atom. The molecule has 0 N–H and O–H groups in total. The molecule has 4 nitrogen and oxygen atoms in total. The Bertz CT molecular complexity index is 582. The monoisotopic (exact) mass is 292 g/mol. The van der Waals surface area contributed by atoms with Crippen molar-refractivity contribution in [3.63, 3.8) is 0 Å². The molecule has 1 aromatic heterocycles. The third-order valence-corrected chi connectivity index (χ3v) is 3.59. The van der Waals surface area contributed by atoms with Crippen LogP contribution in [0, 0.1) is 5.82 Å². The summed E-state index contributed by atoms with van der Waals surface area (Å²) in [6.07, 6.45) is 1.66. The van der Waals surface area contributed by atoms with Gasteiger partial charge < -0.3 is 9.80 Å². The van der Waals surface area contributed by atoms with E-state index in [4.69, 9.17) is 11.6 Å². The third-order valence-electron chi connectivity index (χ3n) is 3.41. The highest BCUT2D eigenvalue weighted by Crippen LogP contribution is 2.19. The minimum atomic E-state index is -0.206. The third kappa shape index (κ3) is 2.82. The largest absolute Gasteiger partial charge is 0.368 e. The molecule has 104 valence electrons. The Hall–Kier alpha value is -1.88. The van der Waals surface area contributed by atoms with E-state index in [1.807, 2.05) is 18.2 Å². The van der Waals surface area contributed by atoms with Gasteiger partial charge in [-0.15, -0.1) is 0 Å². The molecule has 0 aliphatic carbocycles. The maximum absolute atomic E-state index is 12.9. The van der Waals surface area contributed by atoms with Gasteiger partial charge >= 0.3 is 0 Å². The van der Waals surface area contributed by atoms with Gasteiger partial charge in [0.2, 0.25) is 5.28 Å². The fourth-order valence-corrected chi connectivity index (χ4v) is 2.49. The van der Waals surface area contributed by atoms with Gasteiger partial charge in [-0.25, -0.2) is 14.4 Å². The standard InChI is InChI=1S/C14H14ClFN4/c15-14-17-6-5-13(18-14)20-9-7-19(8-10-20)12-3-1-11(16)2-4-12/h1-6H,7-10H2. The lowest BCUT2D eigenvalue weighted by Crippen LogP contribution is -2.46. The van der Waals surface area contributed by atoms with Crippen LogP contribution in [-0.4, -0.2) is 36.1 Å². The molecule has 0 saturated carbocycles. The maximum Gasteiger partial charge on any atom is 0.224 e. The highest BCUT2D eigenvalue weighted by molar-refractivity contribution is 6.28. The van der Waals surface area contributed by atoms with E-state index in [0.717, 1.165) is 37.7 Å². The van der Waals surface area contributed by atoms with Gasteiger partial charge in [0, 0.05) is 38.1 Å². The van der Waals surface area contributed by atoms with Crippen LogP contribution in [-0.2, 0) is 0 Å². The van der Waals surface area contributed by atoms with Crippen LogP contribution >= 0.6 is 11.6 Å². The van der Waals surface area contributed by atoms with E-state index in [2.05, 4.69) is 19.8 Å². The van der Waals surface area contributed by atoms with E-state index in [-0.39, 0.29) is 11.1 Å². The second kappa shape index (κ2) is 5.63. The topological polar surface area (TPSA) is 32.3 Å². The van der Waals surface area contributed by atoms with Gasteiger partial charge in [-0.2, -0.15) is 0 Å². The molecule has 1 saturated heterocycles. The molecular formula is C14H14ClFN4. The summed E-state index contributed by atoms with van der Waals surface area (Å²) in [6.45, 7) is 3.44. The molecule has 0 bridgehead atoms. The molecule has 20 heavy (non-hydrogen) atoms. The van der Waals surface area contributed by atoms with Crippen molar-refractivity contribution < 1.29 is 4.39 Å². The predicted molar refractivity (Wildman–Crippen MR) is 77.9 cm³/mol. The van der Waals surface area contributed by atoms with Gasteiger partial charge in [0.25, 0.3) is 0 Å². The smallest absolute Gasteiger partial charge is 0.224 e. The van der Waals surface area contributed by atoms with Crippen molar-refractivity contribution in [3.05, 3.63) is 47.6 Å². The van der Waals surface area contributed by atoms with Crippen molar-refractivity contribution in [2.45, 2.75) is 0 Å². The highest BCUT2D eigenvalue weighted by Gasteiger charge is 2.18. The minimum Gasteiger partial charge on any atom is -0.368 e. The number of anilines is 2. The van der Waals surface area contributed by atoms with Gasteiger partial charge in [0.05, 0.1) is 0 Å². The quantitative estimate of drug-likeness (QED) is 0.797. The van der Waals surface area contributed by atoms with Gasteiger partial charge in [-0.05, 0) is 41.9 Å². The van der Waals surface area contributed by atoms with E-state index in [1.54, 1.807) is 6.20 Å². The molecule has 0 radical (unpaired) electrons. The van der Waals surface area contributed by atoms with Crippen LogP contribution in [0.4, 0.5) is 15.9 Å². The lowest BCUT2D eigenvalue weighted by atomic mass is 10.2.